The molecule has 24 bridgehead atoms. The van der Waals surface area contributed by atoms with Gasteiger partial charge in [-0.25, -0.2) is 8.42 Å². The number of aliphatic hydroxyl groups is 19. The summed E-state index contributed by atoms with van der Waals surface area (Å²) in [7, 11) is -14.8. The summed E-state index contributed by atoms with van der Waals surface area (Å²) in [5, 5.41) is 219. The minimum absolute atomic E-state index is 0.00118. The van der Waals surface area contributed by atoms with E-state index in [2.05, 4.69) is 0 Å². The first-order valence-corrected chi connectivity index (χ1v) is 39.8. The van der Waals surface area contributed by atoms with E-state index in [1.165, 1.54) is 36.4 Å². The predicted octanol–water partition coefficient (Wildman–Crippen LogP) is -10.1. The highest BCUT2D eigenvalue weighted by atomic mass is 32.2. The second-order valence-electron chi connectivity index (χ2n) is 28.5. The summed E-state index contributed by atoms with van der Waals surface area (Å²) in [4.78, 5) is -1.40. The van der Waals surface area contributed by atoms with Gasteiger partial charge in [-0.2, -0.15) is 16.8 Å². The minimum atomic E-state index is -5.27. The molecule has 41 nitrogen and oxygen atoms in total. The van der Waals surface area contributed by atoms with Crippen molar-refractivity contribution in [2.45, 2.75) is 247 Å². The maximum atomic E-state index is 14.7. The lowest BCUT2D eigenvalue weighted by atomic mass is 9.95. The molecule has 622 valence electrons. The third kappa shape index (κ3) is 15.8. The van der Waals surface area contributed by atoms with E-state index in [0.29, 0.717) is 33.4 Å². The summed E-state index contributed by atoms with van der Waals surface area (Å²) >= 11 is 0. The number of fused-ring (bicyclic) bond motifs is 8. The van der Waals surface area contributed by atoms with Gasteiger partial charge in [-0.15, -0.1) is 0 Å². The predicted molar refractivity (Wildman–Crippen MR) is 356 cm³/mol. The maximum absolute atomic E-state index is 14.7. The number of rotatable bonds is 7. The van der Waals surface area contributed by atoms with Gasteiger partial charge in [0.2, 0.25) is 9.84 Å². The van der Waals surface area contributed by atoms with E-state index >= 15 is 0 Å². The molecule has 15 fully saturated rings. The molecule has 35 atom stereocenters. The standard InChI is InChI=1S/C68H86O41S3/c69-17-32-53-41(76)46(81)62(94-32)101-54-33(18-70)95-65(47(82)42(54)77)104-58-37(22-74)99-68-60(51(58)86)108-111(90,91)28-7-1-24(2-8-28)13-26-5-11-30-31-12-6-27(16-40(31)110(88,89)39(30)15-26)14-25-3-9-29(10-4-25)112(92,93)109-61-52(87)59(38(23-75)100-67(61)106-56-35(20-72)97-63(102-53)49(84)44(56)79)105-66-48(83)43(78)55(34(19-71)96-66)103-64-50(85)45(80)57(107-68)36(21-73)98-64/h1-12,15-16,32-38,41-87H,13-14,17-23H2/t32-,33-,34+,35-,36-,37-,38-,41-,42-,43-,44-,45-,46-,47-,48-,49-,50-,51+,52+,53-,54-,55-,56-,57-,58-,59-,60-,61-,62-,63-,64-,65-,66-,67-,68-/m1/s1. The monoisotopic (exact) mass is 1650 g/mol. The summed E-state index contributed by atoms with van der Waals surface area (Å²) in [5.41, 5.74) is 2.39. The van der Waals surface area contributed by atoms with Crippen LogP contribution in [-0.2, 0) is 118 Å². The van der Waals surface area contributed by atoms with E-state index in [-0.39, 0.29) is 22.6 Å². The van der Waals surface area contributed by atoms with Gasteiger partial charge in [-0.05, 0) is 71.5 Å². The Kier molecular flexibility index (Phi) is 25.2. The molecule has 0 saturated carbocycles. The molecular formula is C68H86O41S3. The second-order valence-corrected chi connectivity index (χ2v) is 33.5. The van der Waals surface area contributed by atoms with Crippen LogP contribution in [0, 0.1) is 0 Å². The molecule has 15 saturated heterocycles. The molecule has 0 radical (unpaired) electrons. The van der Waals surface area contributed by atoms with Crippen LogP contribution in [0.1, 0.15) is 22.3 Å². The van der Waals surface area contributed by atoms with Crippen LogP contribution in [0.2, 0.25) is 0 Å². The molecule has 0 spiro atoms. The summed E-state index contributed by atoms with van der Waals surface area (Å²) in [6.07, 6.45) is -78.5. The Morgan fingerprint density at radius 1 is 0.250 bits per heavy atom. The van der Waals surface area contributed by atoms with Gasteiger partial charge in [-0.1, -0.05) is 48.5 Å². The van der Waals surface area contributed by atoms with Crippen LogP contribution in [0.15, 0.2) is 105 Å². The van der Waals surface area contributed by atoms with Gasteiger partial charge in [0.1, 0.15) is 159 Å². The molecule has 21 heterocycles. The Bertz CT molecular complexity index is 4160. The fourth-order valence-electron chi connectivity index (χ4n) is 15.4. The molecule has 0 amide bonds. The summed E-state index contributed by atoms with van der Waals surface area (Å²) in [5.74, 6) is 0. The van der Waals surface area contributed by atoms with Crippen LogP contribution in [-0.4, -0.2) is 383 Å². The largest absolute Gasteiger partial charge is 0.394 e. The smallest absolute Gasteiger partial charge is 0.297 e. The molecule has 4 aromatic rings. The van der Waals surface area contributed by atoms with Crippen molar-refractivity contribution in [2.24, 2.45) is 0 Å². The third-order valence-electron chi connectivity index (χ3n) is 21.4. The molecule has 21 aliphatic rings. The topological polar surface area (TPSA) is 634 Å². The Balaban J connectivity index is 0.875. The number of hydrogen-bond donors (Lipinski definition) is 19. The Labute approximate surface area is 636 Å². The Morgan fingerprint density at radius 3 is 0.705 bits per heavy atom. The first-order valence-electron chi connectivity index (χ1n) is 35.5. The highest BCUT2D eigenvalue weighted by Crippen LogP contribution is 2.46. The average Bonchev–Trinajstić information content (AvgIpc) is 1.58. The highest BCUT2D eigenvalue weighted by molar-refractivity contribution is 7.92. The summed E-state index contributed by atoms with van der Waals surface area (Å²) in [6, 6.07) is 19.0. The second kappa shape index (κ2) is 33.6. The van der Waals surface area contributed by atoms with Crippen molar-refractivity contribution in [1.29, 1.82) is 0 Å². The molecule has 25 rings (SSSR count). The van der Waals surface area contributed by atoms with Gasteiger partial charge in [0, 0.05) is 11.1 Å². The lowest BCUT2D eigenvalue weighted by molar-refractivity contribution is -0.395. The van der Waals surface area contributed by atoms with E-state index in [1.54, 1.807) is 24.3 Å². The third-order valence-corrected chi connectivity index (χ3v) is 25.9. The number of aliphatic hydroxyl groups excluding tert-OH is 19. The van der Waals surface area contributed by atoms with E-state index in [4.69, 9.17) is 74.7 Å². The molecule has 19 N–H and O–H groups in total. The van der Waals surface area contributed by atoms with Crippen molar-refractivity contribution in [3.63, 3.8) is 0 Å². The first-order chi connectivity index (χ1) is 53.3. The number of hydrogen-bond acceptors (Lipinski definition) is 41. The van der Waals surface area contributed by atoms with Crippen molar-refractivity contribution in [2.75, 3.05) is 46.2 Å². The van der Waals surface area contributed by atoms with Crippen molar-refractivity contribution in [1.82, 2.24) is 0 Å². The fourth-order valence-corrected chi connectivity index (χ4v) is 19.3. The zero-order chi connectivity index (χ0) is 80.1. The first kappa shape index (κ1) is 83.8. The van der Waals surface area contributed by atoms with Crippen molar-refractivity contribution >= 4 is 30.1 Å². The molecule has 0 unspecified atom stereocenters. The highest BCUT2D eigenvalue weighted by Gasteiger charge is 2.61. The molecule has 21 aliphatic heterocycles. The fraction of sp³-hybridized carbons (Fsp3) is 0.647. The van der Waals surface area contributed by atoms with Crippen molar-refractivity contribution in [3.05, 3.63) is 107 Å². The van der Waals surface area contributed by atoms with E-state index in [9.17, 15) is 122 Å². The number of ether oxygens (including phenoxy) is 14. The van der Waals surface area contributed by atoms with Crippen molar-refractivity contribution < 1.29 is 197 Å². The van der Waals surface area contributed by atoms with Crippen LogP contribution >= 0.6 is 0 Å². The minimum Gasteiger partial charge on any atom is -0.394 e. The van der Waals surface area contributed by atoms with Crippen LogP contribution in [0.3, 0.4) is 0 Å². The van der Waals surface area contributed by atoms with Crippen LogP contribution in [0.25, 0.3) is 11.1 Å². The molecule has 112 heavy (non-hydrogen) atoms. The van der Waals surface area contributed by atoms with Crippen LogP contribution < -0.4 is 0 Å². The zero-order valence-corrected chi connectivity index (χ0v) is 60.8. The van der Waals surface area contributed by atoms with Gasteiger partial charge in [0.05, 0.1) is 65.8 Å². The number of benzene rings is 4. The Morgan fingerprint density at radius 2 is 0.464 bits per heavy atom. The van der Waals surface area contributed by atoms with E-state index < -0.39 is 301 Å². The molecule has 4 aromatic carbocycles. The van der Waals surface area contributed by atoms with E-state index in [0.717, 1.165) is 24.3 Å². The van der Waals surface area contributed by atoms with Gasteiger partial charge < -0.3 is 163 Å². The van der Waals surface area contributed by atoms with Crippen LogP contribution in [0.5, 0.6) is 0 Å². The SMILES string of the molecule is O=S1(=O)O[C@H]2[C@H]3O[C@H]4[C@H](O)[C@@H](O)[C@@H](O[C@H]5[C@H](O)[C@@H](O)[C@@H](O[C@H]6[C@H](O)[C@@H](O)[C@@H](O[C@H]7[C@H](O)[C@@H](OS(=O)(=O)c8ccc(cc8)Cc8ccc9c(c8)S(=O)(=O)c8cc(ccc8-9)Cc8ccc1cc8)[C@@H](O[C@H]1[C@H](O)[C@@H](O)[C@@H](O[C@H]8[C@H](O)[C@@H](O)[C@@H](O[C@@H]([C@@H]2O)[C@@H](CO)O3)O[C@H]8CO)O[C@@H]1CO)O[C@@H]7CO)O[C@@H]6CO)O[C@@H]5CO)O[C@@H]4CO. The Hall–Kier alpha value is -4.67. The maximum Gasteiger partial charge on any atom is 0.297 e. The molecule has 0 aliphatic carbocycles. The molecular weight excluding hydrogens is 1570 g/mol. The van der Waals surface area contributed by atoms with Gasteiger partial charge in [-0.3, -0.25) is 8.37 Å². The molecule has 0 aromatic heterocycles. The lowest BCUT2D eigenvalue weighted by Crippen LogP contribution is -2.68. The average molecular weight is 1660 g/mol. The van der Waals surface area contributed by atoms with E-state index in [1.807, 2.05) is 0 Å². The van der Waals surface area contributed by atoms with Gasteiger partial charge in [0.15, 0.2) is 56.2 Å². The summed E-state index contributed by atoms with van der Waals surface area (Å²) < 4.78 is 182. The van der Waals surface area contributed by atoms with Gasteiger partial charge in [0.25, 0.3) is 20.2 Å². The summed E-state index contributed by atoms with van der Waals surface area (Å²) in [6.45, 7) is -8.45. The molecule has 44 heteroatoms. The van der Waals surface area contributed by atoms with Crippen LogP contribution in [0.4, 0.5) is 0 Å². The van der Waals surface area contributed by atoms with Crippen molar-refractivity contribution in [3.8, 4) is 11.1 Å². The normalized spacial score (nSPS) is 44.2. The number of sulfone groups is 1. The quantitative estimate of drug-likeness (QED) is 0.0673. The van der Waals surface area contributed by atoms with Gasteiger partial charge >= 0.3 is 0 Å². The zero-order valence-electron chi connectivity index (χ0n) is 58.4. The lowest BCUT2D eigenvalue weighted by Gasteiger charge is -2.50.